The van der Waals surface area contributed by atoms with Crippen molar-refractivity contribution in [2.24, 2.45) is 0 Å². The van der Waals surface area contributed by atoms with Crippen LogP contribution < -0.4 is 4.90 Å². The average Bonchev–Trinajstić information content (AvgIpc) is 3.35. The third-order valence-corrected chi connectivity index (χ3v) is 9.57. The summed E-state index contributed by atoms with van der Waals surface area (Å²) in [6, 6.07) is 54.0. The van der Waals surface area contributed by atoms with Gasteiger partial charge < -0.3 is 9.88 Å². The molecule has 0 spiro atoms. The summed E-state index contributed by atoms with van der Waals surface area (Å²) in [5, 5.41) is 1.15. The zero-order valence-corrected chi connectivity index (χ0v) is 25.8. The molecule has 0 fully saturated rings. The summed E-state index contributed by atoms with van der Waals surface area (Å²) in [7, 11) is 0. The molecule has 1 aromatic heterocycles. The molecular formula is C38H26Br2N2. The van der Waals surface area contributed by atoms with Gasteiger partial charge in [0.1, 0.15) is 0 Å². The molecular weight excluding hydrogens is 644 g/mol. The fourth-order valence-electron chi connectivity index (χ4n) is 5.42. The number of nitrogens with zero attached hydrogens (tertiary/aromatic N) is 1. The second-order valence-electron chi connectivity index (χ2n) is 10.2. The number of rotatable bonds is 6. The highest BCUT2D eigenvalue weighted by atomic mass is 79.9. The molecule has 0 saturated heterocycles. The van der Waals surface area contributed by atoms with Gasteiger partial charge in [0.25, 0.3) is 0 Å². The molecule has 7 aromatic rings. The highest BCUT2D eigenvalue weighted by Gasteiger charge is 2.14. The van der Waals surface area contributed by atoms with Crippen LogP contribution in [-0.2, 0) is 0 Å². The summed E-state index contributed by atoms with van der Waals surface area (Å²) in [6.45, 7) is 0. The molecule has 2 nitrogen and oxygen atoms in total. The first-order valence-corrected chi connectivity index (χ1v) is 15.4. The van der Waals surface area contributed by atoms with E-state index < -0.39 is 0 Å². The minimum Gasteiger partial charge on any atom is -0.348 e. The second kappa shape index (κ2) is 11.5. The molecule has 0 bridgehead atoms. The Balaban J connectivity index is 1.26. The van der Waals surface area contributed by atoms with E-state index in [2.05, 4.69) is 193 Å². The number of aromatic amines is 1. The number of benzene rings is 6. The van der Waals surface area contributed by atoms with Crippen LogP contribution in [0, 0.1) is 0 Å². The third kappa shape index (κ3) is 5.20. The van der Waals surface area contributed by atoms with Crippen LogP contribution in [0.3, 0.4) is 0 Å². The van der Waals surface area contributed by atoms with Crippen molar-refractivity contribution in [3.8, 4) is 33.4 Å². The van der Waals surface area contributed by atoms with Crippen molar-refractivity contribution in [1.82, 2.24) is 4.98 Å². The molecule has 0 aliphatic carbocycles. The highest BCUT2D eigenvalue weighted by Crippen LogP contribution is 2.39. The van der Waals surface area contributed by atoms with Gasteiger partial charge in [0, 0.05) is 28.0 Å². The van der Waals surface area contributed by atoms with E-state index in [4.69, 9.17) is 0 Å². The highest BCUT2D eigenvalue weighted by molar-refractivity contribution is 9.13. The number of hydrogen-bond donors (Lipinski definition) is 1. The first kappa shape index (κ1) is 26.5. The predicted molar refractivity (Wildman–Crippen MR) is 185 cm³/mol. The Hall–Kier alpha value is -4.38. The molecule has 0 unspecified atom stereocenters. The van der Waals surface area contributed by atoms with Gasteiger partial charge in [0.15, 0.2) is 0 Å². The van der Waals surface area contributed by atoms with Gasteiger partial charge >= 0.3 is 0 Å². The Labute approximate surface area is 262 Å². The van der Waals surface area contributed by atoms with Gasteiger partial charge in [-0.3, -0.25) is 0 Å². The molecule has 42 heavy (non-hydrogen) atoms. The zero-order valence-electron chi connectivity index (χ0n) is 22.6. The smallest absolute Gasteiger partial charge is 0.0975 e. The lowest BCUT2D eigenvalue weighted by molar-refractivity contribution is 1.28. The van der Waals surface area contributed by atoms with Gasteiger partial charge in [-0.05, 0) is 114 Å². The van der Waals surface area contributed by atoms with E-state index >= 15 is 0 Å². The third-order valence-electron chi connectivity index (χ3n) is 7.62. The molecule has 1 N–H and O–H groups in total. The standard InChI is InChI=1S/C38H26Br2N2/c39-37-35-25-31(17-24-36(35)41-38(37)40)30-15-22-34(23-16-30)42(32-18-11-28(12-19-32)26-7-3-1-4-8-26)33-20-13-29(14-21-33)27-9-5-2-6-10-27/h1-25,41H. The van der Waals surface area contributed by atoms with Crippen molar-refractivity contribution in [2.75, 3.05) is 4.90 Å². The lowest BCUT2D eigenvalue weighted by atomic mass is 10.0. The van der Waals surface area contributed by atoms with Gasteiger partial charge in [-0.25, -0.2) is 0 Å². The number of H-pyrrole nitrogens is 1. The molecule has 202 valence electrons. The maximum absolute atomic E-state index is 3.69. The monoisotopic (exact) mass is 668 g/mol. The summed E-state index contributed by atoms with van der Waals surface area (Å²) >= 11 is 7.28. The lowest BCUT2D eigenvalue weighted by Gasteiger charge is -2.26. The van der Waals surface area contributed by atoms with Crippen molar-refractivity contribution in [1.29, 1.82) is 0 Å². The SMILES string of the molecule is Brc1[nH]c2ccc(-c3ccc(N(c4ccc(-c5ccccc5)cc4)c4ccc(-c5ccccc5)cc4)cc3)cc2c1Br. The Morgan fingerprint density at radius 1 is 0.405 bits per heavy atom. The van der Waals surface area contributed by atoms with Gasteiger partial charge in [-0.15, -0.1) is 0 Å². The molecule has 0 aliphatic heterocycles. The summed E-state index contributed by atoms with van der Waals surface area (Å²) < 4.78 is 2.00. The summed E-state index contributed by atoms with van der Waals surface area (Å²) in [5.74, 6) is 0. The molecule has 0 atom stereocenters. The molecule has 7 rings (SSSR count). The summed E-state index contributed by atoms with van der Waals surface area (Å²) in [5.41, 5.74) is 11.6. The van der Waals surface area contributed by atoms with E-state index in [0.717, 1.165) is 37.0 Å². The number of fused-ring (bicyclic) bond motifs is 1. The van der Waals surface area contributed by atoms with Gasteiger partial charge in [0.05, 0.1) is 9.08 Å². The van der Waals surface area contributed by atoms with Gasteiger partial charge in [0.2, 0.25) is 0 Å². The van der Waals surface area contributed by atoms with Crippen LogP contribution in [-0.4, -0.2) is 4.98 Å². The van der Waals surface area contributed by atoms with Crippen LogP contribution in [0.15, 0.2) is 161 Å². The Bertz CT molecular complexity index is 1880. The fraction of sp³-hybridized carbons (Fsp3) is 0. The van der Waals surface area contributed by atoms with Crippen LogP contribution in [0.2, 0.25) is 0 Å². The number of nitrogens with one attached hydrogen (secondary N) is 1. The lowest BCUT2D eigenvalue weighted by Crippen LogP contribution is -2.09. The molecule has 0 aliphatic rings. The fourth-order valence-corrected chi connectivity index (χ4v) is 6.28. The number of hydrogen-bond acceptors (Lipinski definition) is 1. The van der Waals surface area contributed by atoms with Crippen molar-refractivity contribution in [3.05, 3.63) is 161 Å². The van der Waals surface area contributed by atoms with E-state index in [1.54, 1.807) is 0 Å². The normalized spacial score (nSPS) is 11.1. The van der Waals surface area contributed by atoms with Crippen LogP contribution in [0.25, 0.3) is 44.3 Å². The van der Waals surface area contributed by atoms with Crippen LogP contribution >= 0.6 is 31.9 Å². The minimum absolute atomic E-state index is 0.956. The van der Waals surface area contributed by atoms with Crippen molar-refractivity contribution < 1.29 is 0 Å². The number of aromatic nitrogens is 1. The van der Waals surface area contributed by atoms with E-state index in [1.807, 2.05) is 0 Å². The Kier molecular flexibility index (Phi) is 7.25. The molecule has 0 radical (unpaired) electrons. The molecule has 0 amide bonds. The van der Waals surface area contributed by atoms with Crippen LogP contribution in [0.4, 0.5) is 17.1 Å². The largest absolute Gasteiger partial charge is 0.348 e. The van der Waals surface area contributed by atoms with Crippen LogP contribution in [0.5, 0.6) is 0 Å². The average molecular weight is 670 g/mol. The Morgan fingerprint density at radius 2 is 0.786 bits per heavy atom. The predicted octanol–water partition coefficient (Wildman–Crippen LogP) is 12.2. The zero-order chi connectivity index (χ0) is 28.5. The van der Waals surface area contributed by atoms with Gasteiger partial charge in [-0.2, -0.15) is 0 Å². The topological polar surface area (TPSA) is 19.0 Å². The minimum atomic E-state index is 0.956. The van der Waals surface area contributed by atoms with E-state index in [-0.39, 0.29) is 0 Å². The molecule has 4 heteroatoms. The Morgan fingerprint density at radius 3 is 1.24 bits per heavy atom. The van der Waals surface area contributed by atoms with E-state index in [9.17, 15) is 0 Å². The van der Waals surface area contributed by atoms with Gasteiger partial charge in [-0.1, -0.05) is 103 Å². The maximum atomic E-state index is 3.69. The quantitative estimate of drug-likeness (QED) is 0.187. The van der Waals surface area contributed by atoms with E-state index in [0.29, 0.717) is 0 Å². The molecule has 1 heterocycles. The first-order valence-electron chi connectivity index (χ1n) is 13.8. The molecule has 6 aromatic carbocycles. The number of halogens is 2. The second-order valence-corrected chi connectivity index (χ2v) is 11.8. The number of anilines is 3. The maximum Gasteiger partial charge on any atom is 0.0975 e. The molecule has 0 saturated carbocycles. The van der Waals surface area contributed by atoms with Crippen LogP contribution in [0.1, 0.15) is 0 Å². The first-order chi connectivity index (χ1) is 20.6. The van der Waals surface area contributed by atoms with E-state index in [1.165, 1.54) is 33.4 Å². The van der Waals surface area contributed by atoms with Crippen molar-refractivity contribution >= 4 is 59.8 Å². The summed E-state index contributed by atoms with van der Waals surface area (Å²) in [4.78, 5) is 5.67. The summed E-state index contributed by atoms with van der Waals surface area (Å²) in [6.07, 6.45) is 0. The van der Waals surface area contributed by atoms with Crippen molar-refractivity contribution in [2.45, 2.75) is 0 Å². The van der Waals surface area contributed by atoms with Crippen molar-refractivity contribution in [3.63, 3.8) is 0 Å².